The van der Waals surface area contributed by atoms with Crippen LogP contribution in [0.4, 0.5) is 5.82 Å². The first kappa shape index (κ1) is 12.9. The lowest BCUT2D eigenvalue weighted by Gasteiger charge is -2.21. The summed E-state index contributed by atoms with van der Waals surface area (Å²) in [5.74, 6) is 1.14. The molecule has 2 N–H and O–H groups in total. The number of nitrogens with zero attached hydrogens (tertiary/aromatic N) is 2. The Labute approximate surface area is 110 Å². The van der Waals surface area contributed by atoms with Gasteiger partial charge < -0.3 is 14.8 Å². The van der Waals surface area contributed by atoms with Crippen molar-refractivity contribution in [1.29, 1.82) is 0 Å². The minimum atomic E-state index is -1.08. The van der Waals surface area contributed by atoms with E-state index in [0.717, 1.165) is 5.03 Å². The second kappa shape index (κ2) is 5.41. The molecule has 2 rings (SSSR count). The molecule has 2 heterocycles. The zero-order valence-corrected chi connectivity index (χ0v) is 11.1. The van der Waals surface area contributed by atoms with Gasteiger partial charge in [0.05, 0.1) is 12.8 Å². The lowest BCUT2D eigenvalue weighted by atomic mass is 10.0. The fraction of sp³-hybridized carbons (Fsp3) is 0.333. The first-order valence-corrected chi connectivity index (χ1v) is 6.72. The van der Waals surface area contributed by atoms with E-state index in [2.05, 4.69) is 15.5 Å². The van der Waals surface area contributed by atoms with Crippen molar-refractivity contribution in [3.63, 3.8) is 0 Å². The highest BCUT2D eigenvalue weighted by Crippen LogP contribution is 2.21. The molecule has 0 aliphatic carbocycles. The molecule has 2 aromatic rings. The molecule has 1 atom stereocenters. The summed E-state index contributed by atoms with van der Waals surface area (Å²) < 4.78 is 5.19. The molecule has 0 fully saturated rings. The molecule has 0 saturated heterocycles. The minimum Gasteiger partial charge on any atom is -0.466 e. The summed E-state index contributed by atoms with van der Waals surface area (Å²) in [5, 5.41) is 22.1. The average molecular weight is 265 g/mol. The number of thioether (sulfide) groups is 1. The van der Waals surface area contributed by atoms with Crippen LogP contribution in [-0.2, 0) is 5.60 Å². The van der Waals surface area contributed by atoms with E-state index in [0.29, 0.717) is 18.1 Å². The Morgan fingerprint density at radius 3 is 2.78 bits per heavy atom. The van der Waals surface area contributed by atoms with Crippen LogP contribution < -0.4 is 5.32 Å². The molecule has 1 unspecified atom stereocenters. The molecule has 0 aliphatic heterocycles. The smallest absolute Gasteiger partial charge is 0.148 e. The molecule has 96 valence electrons. The molecule has 18 heavy (non-hydrogen) atoms. The highest BCUT2D eigenvalue weighted by molar-refractivity contribution is 7.98. The van der Waals surface area contributed by atoms with Gasteiger partial charge in [-0.3, -0.25) is 0 Å². The number of aromatic nitrogens is 2. The van der Waals surface area contributed by atoms with Gasteiger partial charge in [-0.15, -0.1) is 22.0 Å². The van der Waals surface area contributed by atoms with Gasteiger partial charge in [0.2, 0.25) is 0 Å². The Bertz CT molecular complexity index is 483. The molecular formula is C12H15N3O2S. The first-order chi connectivity index (χ1) is 8.62. The lowest BCUT2D eigenvalue weighted by Crippen LogP contribution is -2.30. The molecular weight excluding hydrogens is 250 g/mol. The number of rotatable bonds is 5. The summed E-state index contributed by atoms with van der Waals surface area (Å²) in [7, 11) is 0. The van der Waals surface area contributed by atoms with Gasteiger partial charge in [0.25, 0.3) is 0 Å². The minimum absolute atomic E-state index is 0.299. The maximum atomic E-state index is 10.2. The van der Waals surface area contributed by atoms with Gasteiger partial charge in [0.15, 0.2) is 0 Å². The highest BCUT2D eigenvalue weighted by atomic mass is 32.2. The standard InChI is InChI=1S/C12H15N3O2S/c1-12(16,9-4-3-7-17-9)8-13-10-5-6-11(18-2)15-14-10/h3-7,16H,8H2,1-2H3,(H,13,14). The monoisotopic (exact) mass is 265 g/mol. The molecule has 0 spiro atoms. The number of hydrogen-bond acceptors (Lipinski definition) is 6. The van der Waals surface area contributed by atoms with Crippen molar-refractivity contribution in [2.75, 3.05) is 18.1 Å². The molecule has 2 aromatic heterocycles. The van der Waals surface area contributed by atoms with Crippen LogP contribution in [-0.4, -0.2) is 28.1 Å². The number of aliphatic hydroxyl groups is 1. The van der Waals surface area contributed by atoms with Crippen molar-refractivity contribution in [2.45, 2.75) is 17.6 Å². The van der Waals surface area contributed by atoms with Crippen LogP contribution in [0.5, 0.6) is 0 Å². The second-order valence-corrected chi connectivity index (χ2v) is 4.89. The molecule has 0 aliphatic rings. The largest absolute Gasteiger partial charge is 0.466 e. The van der Waals surface area contributed by atoms with E-state index in [-0.39, 0.29) is 0 Å². The van der Waals surface area contributed by atoms with E-state index in [1.165, 1.54) is 18.0 Å². The topological polar surface area (TPSA) is 71.2 Å². The molecule has 0 saturated carbocycles. The predicted octanol–water partition coefficient (Wildman–Crippen LogP) is 2.11. The number of anilines is 1. The third kappa shape index (κ3) is 3.02. The summed E-state index contributed by atoms with van der Waals surface area (Å²) in [5.41, 5.74) is -1.08. The van der Waals surface area contributed by atoms with E-state index < -0.39 is 5.60 Å². The van der Waals surface area contributed by atoms with E-state index >= 15 is 0 Å². The fourth-order valence-corrected chi connectivity index (χ4v) is 1.78. The van der Waals surface area contributed by atoms with Crippen LogP contribution in [0.2, 0.25) is 0 Å². The molecule has 5 nitrogen and oxygen atoms in total. The van der Waals surface area contributed by atoms with Gasteiger partial charge in [0.1, 0.15) is 22.2 Å². The molecule has 0 amide bonds. The molecule has 0 radical (unpaired) electrons. The molecule has 6 heteroatoms. The van der Waals surface area contributed by atoms with Crippen LogP contribution in [0.15, 0.2) is 40.0 Å². The number of furan rings is 1. The second-order valence-electron chi connectivity index (χ2n) is 4.07. The molecule has 0 aromatic carbocycles. The van der Waals surface area contributed by atoms with Crippen molar-refractivity contribution >= 4 is 17.6 Å². The first-order valence-electron chi connectivity index (χ1n) is 5.50. The van der Waals surface area contributed by atoms with Crippen molar-refractivity contribution in [2.24, 2.45) is 0 Å². The summed E-state index contributed by atoms with van der Waals surface area (Å²) in [6.07, 6.45) is 3.48. The average Bonchev–Trinajstić information content (AvgIpc) is 2.92. The Kier molecular flexibility index (Phi) is 3.88. The maximum Gasteiger partial charge on any atom is 0.148 e. The lowest BCUT2D eigenvalue weighted by molar-refractivity contribution is 0.0475. The Balaban J connectivity index is 1.98. The Morgan fingerprint density at radius 2 is 2.22 bits per heavy atom. The van der Waals surface area contributed by atoms with Crippen molar-refractivity contribution in [3.05, 3.63) is 36.3 Å². The maximum absolute atomic E-state index is 10.2. The van der Waals surface area contributed by atoms with E-state index in [1.807, 2.05) is 18.4 Å². The summed E-state index contributed by atoms with van der Waals surface area (Å²) in [4.78, 5) is 0. The van der Waals surface area contributed by atoms with Gasteiger partial charge in [-0.2, -0.15) is 0 Å². The SMILES string of the molecule is CSc1ccc(NCC(C)(O)c2ccco2)nn1. The third-order valence-corrected chi connectivity index (χ3v) is 3.15. The normalized spacial score (nSPS) is 14.2. The van der Waals surface area contributed by atoms with Gasteiger partial charge in [-0.05, 0) is 37.4 Å². The Morgan fingerprint density at radius 1 is 1.39 bits per heavy atom. The fourth-order valence-electron chi connectivity index (χ4n) is 1.46. The zero-order valence-electron chi connectivity index (χ0n) is 10.3. The van der Waals surface area contributed by atoms with E-state index in [9.17, 15) is 5.11 Å². The van der Waals surface area contributed by atoms with Crippen LogP contribution in [0.3, 0.4) is 0 Å². The van der Waals surface area contributed by atoms with E-state index in [4.69, 9.17) is 4.42 Å². The number of hydrogen-bond donors (Lipinski definition) is 2. The summed E-state index contributed by atoms with van der Waals surface area (Å²) in [6.45, 7) is 1.98. The van der Waals surface area contributed by atoms with Crippen molar-refractivity contribution < 1.29 is 9.52 Å². The summed E-state index contributed by atoms with van der Waals surface area (Å²) in [6, 6.07) is 7.19. The van der Waals surface area contributed by atoms with Crippen LogP contribution in [0.25, 0.3) is 0 Å². The van der Waals surface area contributed by atoms with Gasteiger partial charge >= 0.3 is 0 Å². The van der Waals surface area contributed by atoms with Gasteiger partial charge in [-0.25, -0.2) is 0 Å². The zero-order chi connectivity index (χ0) is 13.0. The Hall–Kier alpha value is -1.53. The van der Waals surface area contributed by atoms with Crippen LogP contribution in [0.1, 0.15) is 12.7 Å². The van der Waals surface area contributed by atoms with Gasteiger partial charge in [-0.1, -0.05) is 0 Å². The third-order valence-electron chi connectivity index (χ3n) is 2.51. The van der Waals surface area contributed by atoms with Crippen molar-refractivity contribution in [3.8, 4) is 0 Å². The number of nitrogens with one attached hydrogen (secondary N) is 1. The highest BCUT2D eigenvalue weighted by Gasteiger charge is 2.25. The molecule has 0 bridgehead atoms. The summed E-state index contributed by atoms with van der Waals surface area (Å²) >= 11 is 1.53. The quantitative estimate of drug-likeness (QED) is 0.807. The van der Waals surface area contributed by atoms with Crippen LogP contribution in [0, 0.1) is 0 Å². The van der Waals surface area contributed by atoms with Crippen molar-refractivity contribution in [1.82, 2.24) is 10.2 Å². The predicted molar refractivity (Wildman–Crippen MR) is 70.6 cm³/mol. The van der Waals surface area contributed by atoms with Gasteiger partial charge in [0, 0.05) is 0 Å². The van der Waals surface area contributed by atoms with E-state index in [1.54, 1.807) is 19.1 Å². The van der Waals surface area contributed by atoms with Crippen LogP contribution >= 0.6 is 11.8 Å².